The molecule has 2 N–H and O–H groups in total. The first kappa shape index (κ1) is 22.7. The van der Waals surface area contributed by atoms with Gasteiger partial charge in [0.2, 0.25) is 0 Å². The predicted molar refractivity (Wildman–Crippen MR) is 132 cm³/mol. The zero-order valence-corrected chi connectivity index (χ0v) is 19.6. The van der Waals surface area contributed by atoms with Gasteiger partial charge in [0.05, 0.1) is 24.9 Å². The Labute approximate surface area is 198 Å². The van der Waals surface area contributed by atoms with E-state index in [0.29, 0.717) is 12.1 Å². The Morgan fingerprint density at radius 3 is 2.85 bits per heavy atom. The van der Waals surface area contributed by atoms with E-state index in [1.807, 2.05) is 6.20 Å². The van der Waals surface area contributed by atoms with Crippen molar-refractivity contribution in [3.63, 3.8) is 0 Å². The molecule has 6 heteroatoms. The van der Waals surface area contributed by atoms with Gasteiger partial charge in [-0.25, -0.2) is 5.01 Å². The SMILES string of the molecule is C(=C\CN(C[C@H]1Cc2ccccc2CN1)[C@H]1CCCc2cccnc21)/CNN1CCOCC1. The van der Waals surface area contributed by atoms with Crippen LogP contribution >= 0.6 is 0 Å². The van der Waals surface area contributed by atoms with Crippen LogP contribution in [0.2, 0.25) is 0 Å². The van der Waals surface area contributed by atoms with Gasteiger partial charge in [-0.1, -0.05) is 42.5 Å². The Morgan fingerprint density at radius 1 is 1.09 bits per heavy atom. The molecule has 0 unspecified atom stereocenters. The van der Waals surface area contributed by atoms with Crippen LogP contribution in [0.25, 0.3) is 0 Å². The summed E-state index contributed by atoms with van der Waals surface area (Å²) in [6, 6.07) is 14.1. The lowest BCUT2D eigenvalue weighted by Gasteiger charge is -2.38. The Morgan fingerprint density at radius 2 is 1.94 bits per heavy atom. The topological polar surface area (TPSA) is 52.7 Å². The van der Waals surface area contributed by atoms with Gasteiger partial charge in [-0.3, -0.25) is 15.3 Å². The largest absolute Gasteiger partial charge is 0.379 e. The average Bonchev–Trinajstić information content (AvgIpc) is 2.88. The van der Waals surface area contributed by atoms with Crippen LogP contribution in [0.15, 0.2) is 54.7 Å². The molecule has 3 aliphatic rings. The number of pyridine rings is 1. The molecule has 1 fully saturated rings. The van der Waals surface area contributed by atoms with E-state index in [1.54, 1.807) is 0 Å². The van der Waals surface area contributed by atoms with Gasteiger partial charge in [-0.05, 0) is 48.4 Å². The third kappa shape index (κ3) is 5.89. The summed E-state index contributed by atoms with van der Waals surface area (Å²) < 4.78 is 5.43. The van der Waals surface area contributed by atoms with Crippen molar-refractivity contribution in [1.82, 2.24) is 25.6 Å². The summed E-state index contributed by atoms with van der Waals surface area (Å²) in [5.74, 6) is 0. The number of hydrogen-bond donors (Lipinski definition) is 2. The molecule has 2 aromatic rings. The summed E-state index contributed by atoms with van der Waals surface area (Å²) in [7, 11) is 0. The van der Waals surface area contributed by atoms with Gasteiger partial charge in [-0.2, -0.15) is 0 Å². The van der Waals surface area contributed by atoms with E-state index in [4.69, 9.17) is 9.72 Å². The molecule has 0 radical (unpaired) electrons. The zero-order chi connectivity index (χ0) is 22.3. The van der Waals surface area contributed by atoms with Gasteiger partial charge >= 0.3 is 0 Å². The third-order valence-corrected chi connectivity index (χ3v) is 7.18. The summed E-state index contributed by atoms with van der Waals surface area (Å²) in [4.78, 5) is 7.49. The van der Waals surface area contributed by atoms with E-state index in [-0.39, 0.29) is 0 Å². The number of hydrogen-bond acceptors (Lipinski definition) is 6. The number of nitrogens with zero attached hydrogens (tertiary/aromatic N) is 3. The molecule has 1 aromatic carbocycles. The Balaban J connectivity index is 1.25. The van der Waals surface area contributed by atoms with E-state index in [1.165, 1.54) is 35.2 Å². The maximum absolute atomic E-state index is 5.43. The number of ether oxygens (including phenoxy) is 1. The van der Waals surface area contributed by atoms with Crippen molar-refractivity contribution in [2.24, 2.45) is 0 Å². The normalized spacial score (nSPS) is 23.5. The highest BCUT2D eigenvalue weighted by molar-refractivity contribution is 5.30. The van der Waals surface area contributed by atoms with Crippen molar-refractivity contribution in [2.75, 3.05) is 45.9 Å². The van der Waals surface area contributed by atoms with E-state index >= 15 is 0 Å². The molecule has 0 amide bonds. The minimum absolute atomic E-state index is 0.394. The van der Waals surface area contributed by atoms with Crippen LogP contribution < -0.4 is 10.7 Å². The van der Waals surface area contributed by atoms with E-state index in [9.17, 15) is 0 Å². The number of aromatic nitrogens is 1. The number of fused-ring (bicyclic) bond motifs is 2. The van der Waals surface area contributed by atoms with Crippen molar-refractivity contribution in [1.29, 1.82) is 0 Å². The molecular formula is C27H37N5O. The quantitative estimate of drug-likeness (QED) is 0.607. The first-order valence-corrected chi connectivity index (χ1v) is 12.6. The van der Waals surface area contributed by atoms with Crippen LogP contribution in [-0.4, -0.2) is 66.9 Å². The highest BCUT2D eigenvalue weighted by atomic mass is 16.5. The van der Waals surface area contributed by atoms with Gasteiger partial charge in [0.1, 0.15) is 0 Å². The van der Waals surface area contributed by atoms with Crippen LogP contribution in [0, 0.1) is 0 Å². The first-order valence-electron chi connectivity index (χ1n) is 12.6. The molecule has 176 valence electrons. The van der Waals surface area contributed by atoms with Crippen molar-refractivity contribution in [3.8, 4) is 0 Å². The molecule has 0 bridgehead atoms. The number of morpholine rings is 1. The summed E-state index contributed by atoms with van der Waals surface area (Å²) in [6.45, 7) is 7.36. The lowest BCUT2D eigenvalue weighted by molar-refractivity contribution is 0.0143. The molecule has 0 spiro atoms. The molecule has 1 saturated heterocycles. The highest BCUT2D eigenvalue weighted by Gasteiger charge is 2.29. The molecule has 6 nitrogen and oxygen atoms in total. The van der Waals surface area contributed by atoms with Crippen LogP contribution in [-0.2, 0) is 24.1 Å². The smallest absolute Gasteiger partial charge is 0.0608 e. The summed E-state index contributed by atoms with van der Waals surface area (Å²) >= 11 is 0. The van der Waals surface area contributed by atoms with E-state index in [2.05, 4.69) is 69.2 Å². The molecule has 33 heavy (non-hydrogen) atoms. The lowest BCUT2D eigenvalue weighted by atomic mass is 9.89. The molecule has 1 aromatic heterocycles. The predicted octanol–water partition coefficient (Wildman–Crippen LogP) is 2.87. The Kier molecular flexibility index (Phi) is 7.81. The minimum atomic E-state index is 0.394. The molecule has 1 aliphatic carbocycles. The first-order chi connectivity index (χ1) is 16.4. The fourth-order valence-electron chi connectivity index (χ4n) is 5.40. The fourth-order valence-corrected chi connectivity index (χ4v) is 5.40. The van der Waals surface area contributed by atoms with Gasteiger partial charge in [0, 0.05) is 51.5 Å². The summed E-state index contributed by atoms with van der Waals surface area (Å²) in [6.07, 6.45) is 11.2. The molecule has 0 saturated carbocycles. The Hall–Kier alpha value is -2.09. The van der Waals surface area contributed by atoms with Crippen LogP contribution in [0.3, 0.4) is 0 Å². The number of nitrogens with one attached hydrogen (secondary N) is 2. The monoisotopic (exact) mass is 447 g/mol. The highest BCUT2D eigenvalue weighted by Crippen LogP contribution is 2.33. The standard InChI is InChI=1S/C27H37N5O/c1-2-8-24-20-29-25(19-23(24)7-1)21-31(14-4-3-13-30-32-15-17-33-18-16-32)26-11-5-9-22-10-6-12-28-27(22)26/h1-4,6-8,10,12,25-26,29-30H,5,9,11,13-21H2/b4-3+/t25-,26+/m1/s1. The number of rotatable bonds is 8. The van der Waals surface area contributed by atoms with Gasteiger partial charge in [-0.15, -0.1) is 0 Å². The summed E-state index contributed by atoms with van der Waals surface area (Å²) in [5.41, 5.74) is 9.16. The van der Waals surface area contributed by atoms with Crippen molar-refractivity contribution >= 4 is 0 Å². The lowest BCUT2D eigenvalue weighted by Crippen LogP contribution is -2.46. The third-order valence-electron chi connectivity index (χ3n) is 7.18. The fraction of sp³-hybridized carbons (Fsp3) is 0.519. The second kappa shape index (κ2) is 11.4. The molecule has 2 atom stereocenters. The number of aryl methyl sites for hydroxylation is 1. The average molecular weight is 448 g/mol. The maximum atomic E-state index is 5.43. The number of benzene rings is 1. The molecule has 5 rings (SSSR count). The van der Waals surface area contributed by atoms with Gasteiger partial charge in [0.15, 0.2) is 0 Å². The van der Waals surface area contributed by atoms with Crippen molar-refractivity contribution in [3.05, 3.63) is 77.1 Å². The molecule has 3 heterocycles. The number of hydrazine groups is 1. The van der Waals surface area contributed by atoms with Gasteiger partial charge < -0.3 is 10.1 Å². The van der Waals surface area contributed by atoms with E-state index < -0.39 is 0 Å². The van der Waals surface area contributed by atoms with Crippen LogP contribution in [0.1, 0.15) is 41.3 Å². The van der Waals surface area contributed by atoms with Crippen LogP contribution in [0.5, 0.6) is 0 Å². The maximum Gasteiger partial charge on any atom is 0.0608 e. The Bertz CT molecular complexity index is 926. The zero-order valence-electron chi connectivity index (χ0n) is 19.6. The van der Waals surface area contributed by atoms with Crippen LogP contribution in [0.4, 0.5) is 0 Å². The van der Waals surface area contributed by atoms with E-state index in [0.717, 1.165) is 65.3 Å². The second-order valence-electron chi connectivity index (χ2n) is 9.39. The molecular weight excluding hydrogens is 410 g/mol. The summed E-state index contributed by atoms with van der Waals surface area (Å²) in [5, 5.41) is 6.06. The minimum Gasteiger partial charge on any atom is -0.379 e. The second-order valence-corrected chi connectivity index (χ2v) is 9.39. The van der Waals surface area contributed by atoms with Crippen molar-refractivity contribution < 1.29 is 4.74 Å². The van der Waals surface area contributed by atoms with Gasteiger partial charge in [0.25, 0.3) is 0 Å². The van der Waals surface area contributed by atoms with Crippen molar-refractivity contribution in [2.45, 2.75) is 44.3 Å². The molecule has 2 aliphatic heterocycles.